The highest BCUT2D eigenvalue weighted by Gasteiger charge is 2.16. The highest BCUT2D eigenvalue weighted by atomic mass is 35.5. The molecule has 34 heavy (non-hydrogen) atoms. The van der Waals surface area contributed by atoms with Crippen LogP contribution >= 0.6 is 12.4 Å². The number of carbonyl (C=O) groups excluding carboxylic acids is 2. The van der Waals surface area contributed by atoms with Crippen molar-refractivity contribution in [3.63, 3.8) is 0 Å². The van der Waals surface area contributed by atoms with Gasteiger partial charge in [0.15, 0.2) is 0 Å². The van der Waals surface area contributed by atoms with E-state index in [9.17, 15) is 9.59 Å². The van der Waals surface area contributed by atoms with E-state index >= 15 is 0 Å². The summed E-state index contributed by atoms with van der Waals surface area (Å²) in [5, 5.41) is 5.80. The molecule has 0 saturated carbocycles. The number of nitrogens with zero attached hydrogens (tertiary/aromatic N) is 2. The number of nitrogens with one attached hydrogen (secondary N) is 2. The molecule has 1 heterocycles. The van der Waals surface area contributed by atoms with Gasteiger partial charge in [0.1, 0.15) is 0 Å². The van der Waals surface area contributed by atoms with Gasteiger partial charge in [0.25, 0.3) is 11.8 Å². The fraction of sp³-hybridized carbons (Fsp3) is 0.259. The van der Waals surface area contributed by atoms with E-state index < -0.39 is 0 Å². The molecular formula is C27H31ClN4O2. The molecule has 3 aromatic carbocycles. The molecule has 0 aliphatic carbocycles. The fourth-order valence-corrected chi connectivity index (χ4v) is 4.03. The van der Waals surface area contributed by atoms with Crippen molar-refractivity contribution in [1.29, 1.82) is 0 Å². The minimum Gasteiger partial charge on any atom is -0.370 e. The normalized spacial score (nSPS) is 14.0. The molecule has 4 rings (SSSR count). The van der Waals surface area contributed by atoms with Gasteiger partial charge in [-0.25, -0.2) is 0 Å². The molecule has 0 spiro atoms. The van der Waals surface area contributed by atoms with Crippen molar-refractivity contribution in [2.24, 2.45) is 0 Å². The highest BCUT2D eigenvalue weighted by Crippen LogP contribution is 2.21. The smallest absolute Gasteiger partial charge is 0.257 e. The maximum absolute atomic E-state index is 12.9. The highest BCUT2D eigenvalue weighted by molar-refractivity contribution is 6.12. The number of rotatable bonds is 5. The standard InChI is InChI=1S/C27H30N4O2.ClH/c1-20-7-5-8-22(19-20)28-27(33)24-9-3-4-10-25(24)29-26(32)21-11-13-23(14-12-21)31-16-6-15-30(2)17-18-31;/h3-5,7-14,19H,6,15-18H2,1-2H3,(H,28,33)(H,29,32);1H. The molecule has 1 aliphatic rings. The third-order valence-corrected chi connectivity index (χ3v) is 5.91. The van der Waals surface area contributed by atoms with Crippen LogP contribution < -0.4 is 15.5 Å². The van der Waals surface area contributed by atoms with Crippen LogP contribution in [0.15, 0.2) is 72.8 Å². The summed E-state index contributed by atoms with van der Waals surface area (Å²) in [6, 6.07) is 22.3. The van der Waals surface area contributed by atoms with Crippen molar-refractivity contribution in [2.75, 3.05) is 48.8 Å². The van der Waals surface area contributed by atoms with Gasteiger partial charge in [-0.05, 0) is 81.0 Å². The van der Waals surface area contributed by atoms with E-state index in [1.165, 1.54) is 0 Å². The van der Waals surface area contributed by atoms with Crippen molar-refractivity contribution < 1.29 is 9.59 Å². The van der Waals surface area contributed by atoms with Crippen LogP contribution in [0.5, 0.6) is 0 Å². The van der Waals surface area contributed by atoms with Gasteiger partial charge in [-0.2, -0.15) is 0 Å². The van der Waals surface area contributed by atoms with Crippen LogP contribution in [0.3, 0.4) is 0 Å². The molecule has 0 radical (unpaired) electrons. The maximum atomic E-state index is 12.9. The first-order valence-corrected chi connectivity index (χ1v) is 11.3. The Kier molecular flexibility index (Phi) is 8.68. The summed E-state index contributed by atoms with van der Waals surface area (Å²) in [6.07, 6.45) is 1.13. The number of amides is 2. The topological polar surface area (TPSA) is 64.7 Å². The van der Waals surface area contributed by atoms with Crippen LogP contribution in [0.4, 0.5) is 17.1 Å². The van der Waals surface area contributed by atoms with Gasteiger partial charge in [0.05, 0.1) is 11.3 Å². The zero-order chi connectivity index (χ0) is 23.2. The third kappa shape index (κ3) is 6.37. The zero-order valence-electron chi connectivity index (χ0n) is 19.6. The summed E-state index contributed by atoms with van der Waals surface area (Å²) in [6.45, 7) is 6.10. The zero-order valence-corrected chi connectivity index (χ0v) is 20.4. The molecule has 3 aromatic rings. The van der Waals surface area contributed by atoms with Gasteiger partial charge in [-0.15, -0.1) is 12.4 Å². The van der Waals surface area contributed by atoms with E-state index in [0.717, 1.165) is 49.5 Å². The lowest BCUT2D eigenvalue weighted by molar-refractivity contribution is 0.102. The van der Waals surface area contributed by atoms with Crippen LogP contribution in [0.2, 0.25) is 0 Å². The number of hydrogen-bond donors (Lipinski definition) is 2. The fourth-order valence-electron chi connectivity index (χ4n) is 4.03. The number of anilines is 3. The van der Waals surface area contributed by atoms with Crippen LogP contribution in [-0.4, -0.2) is 49.9 Å². The molecule has 0 atom stereocenters. The van der Waals surface area contributed by atoms with Crippen molar-refractivity contribution >= 4 is 41.3 Å². The van der Waals surface area contributed by atoms with Gasteiger partial charge in [-0.3, -0.25) is 9.59 Å². The number of halogens is 1. The Morgan fingerprint density at radius 1 is 0.794 bits per heavy atom. The monoisotopic (exact) mass is 478 g/mol. The molecule has 178 valence electrons. The van der Waals surface area contributed by atoms with Crippen molar-refractivity contribution in [3.8, 4) is 0 Å². The van der Waals surface area contributed by atoms with Gasteiger partial charge < -0.3 is 20.4 Å². The Morgan fingerprint density at radius 3 is 2.32 bits per heavy atom. The number of para-hydroxylation sites is 1. The van der Waals surface area contributed by atoms with E-state index in [1.807, 2.05) is 55.5 Å². The average molecular weight is 479 g/mol. The average Bonchev–Trinajstić information content (AvgIpc) is 3.04. The predicted molar refractivity (Wildman–Crippen MR) is 142 cm³/mol. The minimum atomic E-state index is -0.266. The van der Waals surface area contributed by atoms with Gasteiger partial charge >= 0.3 is 0 Å². The third-order valence-electron chi connectivity index (χ3n) is 5.91. The molecule has 2 amide bonds. The molecule has 2 N–H and O–H groups in total. The summed E-state index contributed by atoms with van der Waals surface area (Å²) < 4.78 is 0. The second-order valence-corrected chi connectivity index (χ2v) is 8.51. The number of carbonyl (C=O) groups is 2. The summed E-state index contributed by atoms with van der Waals surface area (Å²) in [5.74, 6) is -0.508. The Labute approximate surface area is 207 Å². The second-order valence-electron chi connectivity index (χ2n) is 8.51. The van der Waals surface area contributed by atoms with E-state index in [-0.39, 0.29) is 24.2 Å². The van der Waals surface area contributed by atoms with E-state index in [1.54, 1.807) is 24.3 Å². The summed E-state index contributed by atoms with van der Waals surface area (Å²) >= 11 is 0. The van der Waals surface area contributed by atoms with Gasteiger partial charge in [0, 0.05) is 36.6 Å². The second kappa shape index (κ2) is 11.7. The van der Waals surface area contributed by atoms with E-state index in [2.05, 4.69) is 27.5 Å². The van der Waals surface area contributed by atoms with Crippen molar-refractivity contribution in [2.45, 2.75) is 13.3 Å². The molecule has 0 aromatic heterocycles. The first-order valence-electron chi connectivity index (χ1n) is 11.3. The van der Waals surface area contributed by atoms with Crippen LogP contribution in [0, 0.1) is 6.92 Å². The molecule has 1 saturated heterocycles. The molecule has 0 unspecified atom stereocenters. The Hall–Kier alpha value is -3.35. The summed E-state index contributed by atoms with van der Waals surface area (Å²) in [4.78, 5) is 30.5. The van der Waals surface area contributed by atoms with E-state index in [0.29, 0.717) is 16.8 Å². The lowest BCUT2D eigenvalue weighted by Gasteiger charge is -2.23. The first kappa shape index (κ1) is 25.3. The lowest BCUT2D eigenvalue weighted by Crippen LogP contribution is -2.28. The van der Waals surface area contributed by atoms with Gasteiger partial charge in [0.2, 0.25) is 0 Å². The molecule has 6 nitrogen and oxygen atoms in total. The van der Waals surface area contributed by atoms with Gasteiger partial charge in [-0.1, -0.05) is 24.3 Å². The predicted octanol–water partition coefficient (Wildman–Crippen LogP) is 5.06. The molecule has 7 heteroatoms. The number of benzene rings is 3. The molecule has 1 aliphatic heterocycles. The summed E-state index contributed by atoms with van der Waals surface area (Å²) in [5.41, 5.74) is 4.35. The Bertz CT molecular complexity index is 1130. The first-order chi connectivity index (χ1) is 16.0. The van der Waals surface area contributed by atoms with Crippen LogP contribution in [0.1, 0.15) is 32.7 Å². The lowest BCUT2D eigenvalue weighted by atomic mass is 10.1. The van der Waals surface area contributed by atoms with Crippen molar-refractivity contribution in [1.82, 2.24) is 4.90 Å². The SMILES string of the molecule is Cc1cccc(NC(=O)c2ccccc2NC(=O)c2ccc(N3CCCN(C)CC3)cc2)c1.Cl. The summed E-state index contributed by atoms with van der Waals surface area (Å²) in [7, 11) is 2.15. The number of likely N-dealkylation sites (N-methyl/N-ethyl adjacent to an activating group) is 1. The van der Waals surface area contributed by atoms with Crippen LogP contribution in [0.25, 0.3) is 0 Å². The quantitative estimate of drug-likeness (QED) is 0.537. The van der Waals surface area contributed by atoms with E-state index in [4.69, 9.17) is 0 Å². The van der Waals surface area contributed by atoms with Crippen molar-refractivity contribution in [3.05, 3.63) is 89.5 Å². The Balaban J connectivity index is 0.00000324. The largest absolute Gasteiger partial charge is 0.370 e. The van der Waals surface area contributed by atoms with Crippen LogP contribution in [-0.2, 0) is 0 Å². The Morgan fingerprint density at radius 2 is 1.56 bits per heavy atom. The maximum Gasteiger partial charge on any atom is 0.257 e. The number of hydrogen-bond acceptors (Lipinski definition) is 4. The number of aryl methyl sites for hydroxylation is 1. The molecule has 1 fully saturated rings. The molecule has 0 bridgehead atoms. The minimum absolute atomic E-state index is 0. The molecular weight excluding hydrogens is 448 g/mol.